The van der Waals surface area contributed by atoms with E-state index in [0.717, 1.165) is 0 Å². The van der Waals surface area contributed by atoms with Crippen molar-refractivity contribution in [2.75, 3.05) is 42.5 Å². The standard InChI is InChI=1S/C8H15NO3.C5H10O3/c1-9(2)6-5-7(10)8(11-3)12-4;1-4(6)5(7-2)8-3/h5-6,8H,1-4H3;5H,1-3H3/b6-5+;. The average Bonchev–Trinajstić information content (AvgIpc) is 2.39. The van der Waals surface area contributed by atoms with Gasteiger partial charge in [-0.2, -0.15) is 0 Å². The Morgan fingerprint density at radius 2 is 1.30 bits per heavy atom. The summed E-state index contributed by atoms with van der Waals surface area (Å²) in [5.74, 6) is -0.316. The first-order chi connectivity index (χ1) is 9.33. The van der Waals surface area contributed by atoms with Gasteiger partial charge in [0.05, 0.1) is 0 Å². The Labute approximate surface area is 120 Å². The van der Waals surface area contributed by atoms with Crippen LogP contribution in [-0.2, 0) is 28.5 Å². The van der Waals surface area contributed by atoms with E-state index in [2.05, 4.69) is 9.47 Å². The first-order valence-electron chi connectivity index (χ1n) is 5.84. The molecule has 0 N–H and O–H groups in total. The Hall–Kier alpha value is -1.28. The predicted octanol–water partition coefficient (Wildman–Crippen LogP) is 0.444. The summed E-state index contributed by atoms with van der Waals surface area (Å²) in [6.07, 6.45) is 1.58. The van der Waals surface area contributed by atoms with Crippen LogP contribution in [0.15, 0.2) is 12.3 Å². The van der Waals surface area contributed by atoms with E-state index in [-0.39, 0.29) is 11.6 Å². The molecule has 0 aliphatic carbocycles. The molecule has 0 bridgehead atoms. The number of ether oxygens (including phenoxy) is 4. The van der Waals surface area contributed by atoms with Crippen molar-refractivity contribution in [3.8, 4) is 0 Å². The quantitative estimate of drug-likeness (QED) is 0.474. The summed E-state index contributed by atoms with van der Waals surface area (Å²) in [6, 6.07) is 0. The maximum absolute atomic E-state index is 11.1. The molecule has 0 aliphatic rings. The van der Waals surface area contributed by atoms with Gasteiger partial charge < -0.3 is 23.8 Å². The van der Waals surface area contributed by atoms with Crippen LogP contribution in [0.4, 0.5) is 0 Å². The fraction of sp³-hybridized carbons (Fsp3) is 0.692. The molecule has 0 aromatic carbocycles. The molecule has 0 aromatic heterocycles. The highest BCUT2D eigenvalue weighted by Crippen LogP contribution is 1.94. The van der Waals surface area contributed by atoms with Crippen molar-refractivity contribution in [3.63, 3.8) is 0 Å². The van der Waals surface area contributed by atoms with Gasteiger partial charge in [-0.3, -0.25) is 9.59 Å². The maximum atomic E-state index is 11.1. The van der Waals surface area contributed by atoms with Gasteiger partial charge in [-0.05, 0) is 6.92 Å². The number of hydrogen-bond acceptors (Lipinski definition) is 7. The molecular weight excluding hydrogens is 266 g/mol. The van der Waals surface area contributed by atoms with E-state index in [1.807, 2.05) is 14.1 Å². The highest BCUT2D eigenvalue weighted by Gasteiger charge is 2.12. The largest absolute Gasteiger partial charge is 0.383 e. The van der Waals surface area contributed by atoms with Crippen molar-refractivity contribution in [3.05, 3.63) is 12.3 Å². The van der Waals surface area contributed by atoms with Crippen molar-refractivity contribution >= 4 is 11.6 Å². The van der Waals surface area contributed by atoms with E-state index in [4.69, 9.17) is 9.47 Å². The summed E-state index contributed by atoms with van der Waals surface area (Å²) in [5.41, 5.74) is 0. The van der Waals surface area contributed by atoms with E-state index in [0.29, 0.717) is 0 Å². The Bertz CT molecular complexity index is 295. The molecule has 0 radical (unpaired) electrons. The molecule has 0 unspecified atom stereocenters. The molecule has 7 heteroatoms. The summed E-state index contributed by atoms with van der Waals surface area (Å²) in [6.45, 7) is 1.41. The first kappa shape index (κ1) is 21.0. The molecular formula is C13H25NO6. The van der Waals surface area contributed by atoms with Gasteiger partial charge in [-0.25, -0.2) is 0 Å². The first-order valence-corrected chi connectivity index (χ1v) is 5.84. The molecule has 0 aromatic rings. The molecule has 0 heterocycles. The molecule has 0 amide bonds. The Morgan fingerprint density at radius 3 is 1.50 bits per heavy atom. The number of carbonyl (C=O) groups is 2. The second-order valence-corrected chi connectivity index (χ2v) is 3.90. The Balaban J connectivity index is 0. The molecule has 0 saturated carbocycles. The van der Waals surface area contributed by atoms with Crippen molar-refractivity contribution < 1.29 is 28.5 Å². The minimum absolute atomic E-state index is 0.116. The number of rotatable bonds is 8. The van der Waals surface area contributed by atoms with Gasteiger partial charge >= 0.3 is 0 Å². The Morgan fingerprint density at radius 1 is 0.900 bits per heavy atom. The predicted molar refractivity (Wildman–Crippen MR) is 74.1 cm³/mol. The summed E-state index contributed by atoms with van der Waals surface area (Å²) in [5, 5.41) is 0. The van der Waals surface area contributed by atoms with Crippen LogP contribution in [0.1, 0.15) is 6.92 Å². The zero-order valence-corrected chi connectivity index (χ0v) is 13.2. The van der Waals surface area contributed by atoms with Gasteiger partial charge in [-0.15, -0.1) is 0 Å². The third-order valence-corrected chi connectivity index (χ3v) is 1.96. The second kappa shape index (κ2) is 12.7. The molecule has 20 heavy (non-hydrogen) atoms. The fourth-order valence-corrected chi connectivity index (χ4v) is 1.06. The molecule has 0 spiro atoms. The van der Waals surface area contributed by atoms with Crippen molar-refractivity contribution in [2.24, 2.45) is 0 Å². The highest BCUT2D eigenvalue weighted by atomic mass is 16.7. The molecule has 0 rings (SSSR count). The van der Waals surface area contributed by atoms with Gasteiger partial charge in [0.2, 0.25) is 18.4 Å². The van der Waals surface area contributed by atoms with Crippen molar-refractivity contribution in [1.29, 1.82) is 0 Å². The van der Waals surface area contributed by atoms with Gasteiger partial charge in [0.1, 0.15) is 0 Å². The van der Waals surface area contributed by atoms with Crippen LogP contribution in [0, 0.1) is 0 Å². The van der Waals surface area contributed by atoms with E-state index in [1.165, 1.54) is 41.4 Å². The molecule has 0 aliphatic heterocycles. The smallest absolute Gasteiger partial charge is 0.221 e. The number of hydrogen-bond donors (Lipinski definition) is 0. The molecule has 7 nitrogen and oxygen atoms in total. The maximum Gasteiger partial charge on any atom is 0.221 e. The molecule has 0 atom stereocenters. The third-order valence-electron chi connectivity index (χ3n) is 1.96. The van der Waals surface area contributed by atoms with Gasteiger partial charge in [-0.1, -0.05) is 0 Å². The number of ketones is 2. The van der Waals surface area contributed by atoms with E-state index >= 15 is 0 Å². The van der Waals surface area contributed by atoms with Crippen molar-refractivity contribution in [2.45, 2.75) is 19.5 Å². The topological polar surface area (TPSA) is 74.3 Å². The summed E-state index contributed by atoms with van der Waals surface area (Å²) >= 11 is 0. The number of nitrogens with zero attached hydrogens (tertiary/aromatic N) is 1. The fourth-order valence-electron chi connectivity index (χ4n) is 1.06. The minimum atomic E-state index is -0.791. The third kappa shape index (κ3) is 10.6. The SMILES string of the molecule is COC(OC)C(=O)/C=C/N(C)C.COC(OC)C(C)=O. The zero-order chi connectivity index (χ0) is 16.1. The van der Waals surface area contributed by atoms with E-state index in [1.54, 1.807) is 11.1 Å². The van der Waals surface area contributed by atoms with Crippen LogP contribution < -0.4 is 0 Å². The molecule has 0 fully saturated rings. The second-order valence-electron chi connectivity index (χ2n) is 3.90. The van der Waals surface area contributed by atoms with E-state index < -0.39 is 12.6 Å². The lowest BCUT2D eigenvalue weighted by molar-refractivity contribution is -0.154. The molecule has 118 valence electrons. The minimum Gasteiger partial charge on any atom is -0.383 e. The lowest BCUT2D eigenvalue weighted by atomic mass is 10.3. The van der Waals surface area contributed by atoms with E-state index in [9.17, 15) is 9.59 Å². The molecule has 0 saturated heterocycles. The summed E-state index contributed by atoms with van der Waals surface area (Å²) < 4.78 is 18.7. The summed E-state index contributed by atoms with van der Waals surface area (Å²) in [4.78, 5) is 23.3. The van der Waals surface area contributed by atoms with Gasteiger partial charge in [0.15, 0.2) is 5.78 Å². The normalized spacial score (nSPS) is 10.7. The van der Waals surface area contributed by atoms with Crippen LogP contribution in [0.2, 0.25) is 0 Å². The number of carbonyl (C=O) groups excluding carboxylic acids is 2. The average molecular weight is 291 g/mol. The monoisotopic (exact) mass is 291 g/mol. The highest BCUT2D eigenvalue weighted by molar-refractivity contribution is 5.92. The van der Waals surface area contributed by atoms with Crippen LogP contribution in [0.5, 0.6) is 0 Å². The van der Waals surface area contributed by atoms with Gasteiger partial charge in [0, 0.05) is 54.8 Å². The van der Waals surface area contributed by atoms with Crippen LogP contribution in [0.25, 0.3) is 0 Å². The van der Waals surface area contributed by atoms with Crippen LogP contribution in [-0.4, -0.2) is 71.6 Å². The van der Waals surface area contributed by atoms with Gasteiger partial charge in [0.25, 0.3) is 0 Å². The van der Waals surface area contributed by atoms with Crippen LogP contribution in [0.3, 0.4) is 0 Å². The number of Topliss-reactive ketones (excluding diaryl/α,β-unsaturated/α-hetero) is 1. The zero-order valence-electron chi connectivity index (χ0n) is 13.2. The number of methoxy groups -OCH3 is 4. The lowest BCUT2D eigenvalue weighted by Crippen LogP contribution is -2.23. The lowest BCUT2D eigenvalue weighted by Gasteiger charge is -2.09. The Kier molecular flexibility index (Phi) is 13.4. The van der Waals surface area contributed by atoms with Crippen molar-refractivity contribution in [1.82, 2.24) is 4.90 Å². The van der Waals surface area contributed by atoms with Crippen LogP contribution >= 0.6 is 0 Å². The summed E-state index contributed by atoms with van der Waals surface area (Å²) in [7, 11) is 9.37.